The smallest absolute Gasteiger partial charge is 0.418 e. The molecule has 0 bridgehead atoms. The zero-order chi connectivity index (χ0) is 33.1. The van der Waals surface area contributed by atoms with Gasteiger partial charge in [0.1, 0.15) is 13.2 Å². The summed E-state index contributed by atoms with van der Waals surface area (Å²) in [5.74, 6) is -2.91. The van der Waals surface area contributed by atoms with Crippen LogP contribution in [0.4, 0.5) is 9.59 Å². The molecule has 16 heteroatoms. The van der Waals surface area contributed by atoms with E-state index >= 15 is 0 Å². The van der Waals surface area contributed by atoms with Crippen LogP contribution in [0.15, 0.2) is 54.6 Å². The van der Waals surface area contributed by atoms with E-state index < -0.39 is 56.1 Å². The van der Waals surface area contributed by atoms with Crippen molar-refractivity contribution >= 4 is 73.8 Å². The predicted octanol–water partition coefficient (Wildman–Crippen LogP) is 4.85. The Labute approximate surface area is 281 Å². The van der Waals surface area contributed by atoms with Gasteiger partial charge in [0, 0.05) is 30.7 Å². The predicted molar refractivity (Wildman–Crippen MR) is 171 cm³/mol. The maximum absolute atomic E-state index is 13.8. The number of likely N-dealkylation sites (tertiary alicyclic amines) is 1. The number of ether oxygens (including phenoxy) is 2. The Balaban J connectivity index is 1.28. The van der Waals surface area contributed by atoms with E-state index in [4.69, 9.17) is 44.3 Å². The quantitative estimate of drug-likeness (QED) is 0.191. The second-order valence-electron chi connectivity index (χ2n) is 11.3. The van der Waals surface area contributed by atoms with Crippen molar-refractivity contribution in [1.82, 2.24) is 19.3 Å². The summed E-state index contributed by atoms with van der Waals surface area (Å²) in [6.07, 6.45) is -0.345. The number of rotatable bonds is 8. The number of hydroxylamine groups is 1. The van der Waals surface area contributed by atoms with Crippen molar-refractivity contribution in [2.75, 3.05) is 32.0 Å². The SMILES string of the molecule is O=C(NO)C(CS(=O)(=O)N1CCc2c(n(C(=O)OCC(Cl)(Cl)Cl)c3ccccc23)C1)C1CCN(C(=O)OCc2ccccc2)CC1. The Morgan fingerprint density at radius 3 is 2.30 bits per heavy atom. The minimum absolute atomic E-state index is 0.117. The van der Waals surface area contributed by atoms with Gasteiger partial charge in [0.25, 0.3) is 0 Å². The number of fused-ring (bicyclic) bond motifs is 3. The van der Waals surface area contributed by atoms with Gasteiger partial charge in [-0.25, -0.2) is 28.1 Å². The van der Waals surface area contributed by atoms with Crippen molar-refractivity contribution in [2.24, 2.45) is 11.8 Å². The fraction of sp³-hybridized carbons (Fsp3) is 0.433. The van der Waals surface area contributed by atoms with Crippen LogP contribution in [0.25, 0.3) is 10.9 Å². The van der Waals surface area contributed by atoms with Gasteiger partial charge in [0.05, 0.1) is 23.7 Å². The van der Waals surface area contributed by atoms with Gasteiger partial charge < -0.3 is 14.4 Å². The first kappa shape index (κ1) is 34.3. The molecule has 2 amide bonds. The largest absolute Gasteiger partial charge is 0.445 e. The lowest BCUT2D eigenvalue weighted by atomic mass is 9.85. The van der Waals surface area contributed by atoms with E-state index in [9.17, 15) is 28.0 Å². The standard InChI is InChI=1S/C30H33Cl3N4O8S/c31-30(32,33)19-45-29(40)37-25-9-5-4-8-22(25)23-12-15-36(16-26(23)37)46(42,43)18-24(27(38)34-41)21-10-13-35(14-11-21)28(39)44-17-20-6-2-1-3-7-20/h1-9,21,24,41H,10-19H2,(H,34,38). The van der Waals surface area contributed by atoms with Crippen LogP contribution >= 0.6 is 34.8 Å². The lowest BCUT2D eigenvalue weighted by Crippen LogP contribution is -2.47. The highest BCUT2D eigenvalue weighted by Crippen LogP contribution is 2.34. The monoisotopic (exact) mass is 714 g/mol. The van der Waals surface area contributed by atoms with Crippen molar-refractivity contribution < 1.29 is 37.5 Å². The van der Waals surface area contributed by atoms with E-state index in [1.165, 1.54) is 13.8 Å². The first-order valence-corrected chi connectivity index (χ1v) is 17.3. The lowest BCUT2D eigenvalue weighted by Gasteiger charge is -2.35. The second kappa shape index (κ2) is 14.4. The molecule has 1 aromatic heterocycles. The average molecular weight is 716 g/mol. The number of carbonyl (C=O) groups excluding carboxylic acids is 3. The maximum atomic E-state index is 13.8. The van der Waals surface area contributed by atoms with Crippen molar-refractivity contribution in [3.05, 3.63) is 71.4 Å². The minimum Gasteiger partial charge on any atom is -0.445 e. The third-order valence-corrected chi connectivity index (χ3v) is 10.6. The minimum atomic E-state index is -4.09. The summed E-state index contributed by atoms with van der Waals surface area (Å²) in [6, 6.07) is 16.4. The van der Waals surface area contributed by atoms with Gasteiger partial charge in [0.2, 0.25) is 19.7 Å². The van der Waals surface area contributed by atoms with Crippen molar-refractivity contribution in [3.63, 3.8) is 0 Å². The number of para-hydroxylation sites is 1. The van der Waals surface area contributed by atoms with Gasteiger partial charge in [-0.3, -0.25) is 10.0 Å². The third kappa shape index (κ3) is 7.89. The molecule has 1 saturated heterocycles. The van der Waals surface area contributed by atoms with E-state index in [0.29, 0.717) is 30.5 Å². The van der Waals surface area contributed by atoms with Crippen molar-refractivity contribution in [1.29, 1.82) is 0 Å². The molecule has 1 atom stereocenters. The molecule has 3 heterocycles. The molecule has 1 unspecified atom stereocenters. The number of hydrogen-bond donors (Lipinski definition) is 2. The van der Waals surface area contributed by atoms with E-state index in [-0.39, 0.29) is 32.8 Å². The van der Waals surface area contributed by atoms with Crippen LogP contribution < -0.4 is 5.48 Å². The number of amides is 2. The van der Waals surface area contributed by atoms with Gasteiger partial charge in [-0.05, 0) is 42.4 Å². The molecular weight excluding hydrogens is 683 g/mol. The molecule has 46 heavy (non-hydrogen) atoms. The van der Waals surface area contributed by atoms with Gasteiger partial charge >= 0.3 is 12.2 Å². The van der Waals surface area contributed by atoms with E-state index in [1.807, 2.05) is 42.5 Å². The van der Waals surface area contributed by atoms with E-state index in [1.54, 1.807) is 17.6 Å². The first-order chi connectivity index (χ1) is 21.9. The Hall–Kier alpha value is -3.07. The Morgan fingerprint density at radius 2 is 1.63 bits per heavy atom. The van der Waals surface area contributed by atoms with Crippen molar-refractivity contribution in [3.8, 4) is 0 Å². The summed E-state index contributed by atoms with van der Waals surface area (Å²) < 4.78 is 39.0. The number of piperidine rings is 1. The van der Waals surface area contributed by atoms with E-state index in [0.717, 1.165) is 16.5 Å². The number of sulfonamides is 1. The van der Waals surface area contributed by atoms with Crippen LogP contribution in [0.5, 0.6) is 0 Å². The normalized spacial score (nSPS) is 16.9. The van der Waals surface area contributed by atoms with Crippen LogP contribution in [0, 0.1) is 11.8 Å². The molecule has 2 N–H and O–H groups in total. The number of nitrogens with one attached hydrogen (secondary N) is 1. The summed E-state index contributed by atoms with van der Waals surface area (Å²) in [7, 11) is -4.09. The molecule has 3 aromatic rings. The van der Waals surface area contributed by atoms with E-state index in [2.05, 4.69) is 0 Å². The molecule has 12 nitrogen and oxygen atoms in total. The molecule has 0 aliphatic carbocycles. The molecular formula is C30H33Cl3N4O8S. The molecule has 1 fully saturated rings. The lowest BCUT2D eigenvalue weighted by molar-refractivity contribution is -0.134. The van der Waals surface area contributed by atoms with Gasteiger partial charge in [-0.1, -0.05) is 83.3 Å². The Morgan fingerprint density at radius 1 is 0.957 bits per heavy atom. The van der Waals surface area contributed by atoms with Crippen LogP contribution in [-0.4, -0.2) is 81.3 Å². The summed E-state index contributed by atoms with van der Waals surface area (Å²) in [4.78, 5) is 40.1. The molecule has 248 valence electrons. The van der Waals surface area contributed by atoms with Crippen LogP contribution in [-0.2, 0) is 43.9 Å². The molecule has 5 rings (SSSR count). The van der Waals surface area contributed by atoms with Crippen LogP contribution in [0.3, 0.4) is 0 Å². The highest BCUT2D eigenvalue weighted by atomic mass is 35.6. The van der Waals surface area contributed by atoms with Gasteiger partial charge in [0.15, 0.2) is 0 Å². The number of benzene rings is 2. The van der Waals surface area contributed by atoms with Gasteiger partial charge in [-0.15, -0.1) is 0 Å². The summed E-state index contributed by atoms with van der Waals surface area (Å²) in [5.41, 5.74) is 4.20. The average Bonchev–Trinajstić information content (AvgIpc) is 3.39. The Bertz CT molecular complexity index is 1690. The van der Waals surface area contributed by atoms with Crippen LogP contribution in [0.2, 0.25) is 0 Å². The molecule has 0 radical (unpaired) electrons. The fourth-order valence-electron chi connectivity index (χ4n) is 6.08. The number of halogens is 3. The first-order valence-electron chi connectivity index (χ1n) is 14.6. The zero-order valence-electron chi connectivity index (χ0n) is 24.6. The van der Waals surface area contributed by atoms with Crippen molar-refractivity contribution in [2.45, 2.75) is 36.2 Å². The fourth-order valence-corrected chi connectivity index (χ4v) is 8.02. The number of nitrogens with zero attached hydrogens (tertiary/aromatic N) is 3. The highest BCUT2D eigenvalue weighted by molar-refractivity contribution is 7.89. The number of carbonyl (C=O) groups is 3. The molecule has 0 saturated carbocycles. The summed E-state index contributed by atoms with van der Waals surface area (Å²) in [5, 5.41) is 10.3. The Kier molecular flexibility index (Phi) is 10.7. The second-order valence-corrected chi connectivity index (χ2v) is 15.8. The summed E-state index contributed by atoms with van der Waals surface area (Å²) >= 11 is 17.3. The molecule has 2 aliphatic heterocycles. The highest BCUT2D eigenvalue weighted by Gasteiger charge is 2.40. The molecule has 0 spiro atoms. The van der Waals surface area contributed by atoms with Crippen LogP contribution in [0.1, 0.15) is 29.7 Å². The molecule has 2 aliphatic rings. The topological polar surface area (TPSA) is 147 Å². The zero-order valence-corrected chi connectivity index (χ0v) is 27.7. The maximum Gasteiger partial charge on any atom is 0.418 e. The van der Waals surface area contributed by atoms with Gasteiger partial charge in [-0.2, -0.15) is 4.31 Å². The number of aromatic nitrogens is 1. The third-order valence-electron chi connectivity index (χ3n) is 8.37. The molecule has 2 aromatic carbocycles. The summed E-state index contributed by atoms with van der Waals surface area (Å²) in [6.45, 7) is 0.0873. The number of hydrogen-bond acceptors (Lipinski definition) is 8. The number of alkyl halides is 3.